The molecule has 5 nitrogen and oxygen atoms in total. The Labute approximate surface area is 114 Å². The van der Waals surface area contributed by atoms with E-state index >= 15 is 0 Å². The number of urea groups is 1. The zero-order valence-electron chi connectivity index (χ0n) is 11.0. The third kappa shape index (κ3) is 3.34. The summed E-state index contributed by atoms with van der Waals surface area (Å²) in [4.78, 5) is 24.0. The molecule has 0 heterocycles. The van der Waals surface area contributed by atoms with Crippen molar-refractivity contribution >= 4 is 12.0 Å². The van der Waals surface area contributed by atoms with Gasteiger partial charge in [0.2, 0.25) is 0 Å². The Bertz CT molecular complexity index is 419. The quantitative estimate of drug-likeness (QED) is 0.814. The molecule has 1 atom stereocenters. The predicted molar refractivity (Wildman–Crippen MR) is 63.1 cm³/mol. The van der Waals surface area contributed by atoms with Gasteiger partial charge in [0.1, 0.15) is 12.1 Å². The normalized spacial score (nSPS) is 22.0. The van der Waals surface area contributed by atoms with Gasteiger partial charge in [-0.25, -0.2) is 9.59 Å². The van der Waals surface area contributed by atoms with E-state index < -0.39 is 36.3 Å². The Balaban J connectivity index is 2.06. The number of nitrogens with one attached hydrogen (secondary N) is 1. The largest absolute Gasteiger partial charge is 0.480 e. The van der Waals surface area contributed by atoms with Crippen molar-refractivity contribution in [1.82, 2.24) is 10.2 Å². The summed E-state index contributed by atoms with van der Waals surface area (Å²) in [5, 5.41) is 11.5. The molecule has 0 aliphatic heterocycles. The fourth-order valence-corrected chi connectivity index (χ4v) is 2.23. The minimum atomic E-state index is -4.49. The van der Waals surface area contributed by atoms with E-state index in [-0.39, 0.29) is 5.92 Å². The number of amides is 2. The molecular formula is C12H17F3N2O3. The third-order valence-corrected chi connectivity index (χ3v) is 3.80. The van der Waals surface area contributed by atoms with Crippen LogP contribution in [0.1, 0.15) is 32.6 Å². The van der Waals surface area contributed by atoms with Crippen LogP contribution >= 0.6 is 0 Å². The lowest BCUT2D eigenvalue weighted by atomic mass is 9.96. The standard InChI is InChI=1S/C12H17F3N2O3/c1-11(9(18)19,7-2-3-7)16-10(20)17(8-4-5-8)6-12(13,14)15/h7-8H,2-6H2,1H3,(H,16,20)(H,18,19). The highest BCUT2D eigenvalue weighted by atomic mass is 19.4. The monoisotopic (exact) mass is 294 g/mol. The first-order valence-corrected chi connectivity index (χ1v) is 6.52. The predicted octanol–water partition coefficient (Wildman–Crippen LogP) is 1.98. The van der Waals surface area contributed by atoms with Crippen molar-refractivity contribution in [2.45, 2.75) is 50.4 Å². The first-order valence-electron chi connectivity index (χ1n) is 6.52. The van der Waals surface area contributed by atoms with Crippen molar-refractivity contribution in [2.75, 3.05) is 6.54 Å². The molecule has 2 fully saturated rings. The summed E-state index contributed by atoms with van der Waals surface area (Å²) in [5.41, 5.74) is -1.49. The van der Waals surface area contributed by atoms with Crippen molar-refractivity contribution in [1.29, 1.82) is 0 Å². The molecule has 20 heavy (non-hydrogen) atoms. The van der Waals surface area contributed by atoms with Crippen LogP contribution < -0.4 is 5.32 Å². The van der Waals surface area contributed by atoms with Crippen LogP contribution in [0, 0.1) is 5.92 Å². The molecule has 0 saturated heterocycles. The molecule has 0 aromatic heterocycles. The number of aliphatic carboxylic acids is 1. The van der Waals surface area contributed by atoms with E-state index in [1.165, 1.54) is 6.92 Å². The maximum Gasteiger partial charge on any atom is 0.406 e. The van der Waals surface area contributed by atoms with Gasteiger partial charge in [-0.2, -0.15) is 13.2 Å². The summed E-state index contributed by atoms with van der Waals surface area (Å²) in [5.74, 6) is -1.42. The summed E-state index contributed by atoms with van der Waals surface area (Å²) in [7, 11) is 0. The number of nitrogens with zero attached hydrogens (tertiary/aromatic N) is 1. The highest BCUT2D eigenvalue weighted by Crippen LogP contribution is 2.40. The lowest BCUT2D eigenvalue weighted by molar-refractivity contribution is -0.145. The highest BCUT2D eigenvalue weighted by molar-refractivity contribution is 5.86. The molecule has 2 N–H and O–H groups in total. The Kier molecular flexibility index (Phi) is 3.60. The minimum absolute atomic E-state index is 0.212. The number of carboxylic acids is 1. The van der Waals surface area contributed by atoms with Gasteiger partial charge in [0.05, 0.1) is 0 Å². The fraction of sp³-hybridized carbons (Fsp3) is 0.833. The van der Waals surface area contributed by atoms with Gasteiger partial charge in [-0.05, 0) is 38.5 Å². The number of carboxylic acid groups (broad SMARTS) is 1. The topological polar surface area (TPSA) is 69.6 Å². The smallest absolute Gasteiger partial charge is 0.406 e. The molecule has 2 saturated carbocycles. The third-order valence-electron chi connectivity index (χ3n) is 3.80. The van der Waals surface area contributed by atoms with E-state index in [0.29, 0.717) is 30.6 Å². The lowest BCUT2D eigenvalue weighted by Crippen LogP contribution is -2.58. The fourth-order valence-electron chi connectivity index (χ4n) is 2.23. The molecule has 8 heteroatoms. The van der Waals surface area contributed by atoms with Gasteiger partial charge in [0, 0.05) is 6.04 Å². The number of hydrogen-bond donors (Lipinski definition) is 2. The molecule has 2 aliphatic carbocycles. The Morgan fingerprint density at radius 3 is 2.15 bits per heavy atom. The number of carbonyl (C=O) groups is 2. The zero-order valence-corrected chi connectivity index (χ0v) is 11.0. The maximum atomic E-state index is 12.5. The van der Waals surface area contributed by atoms with Gasteiger partial charge in [0.25, 0.3) is 0 Å². The van der Waals surface area contributed by atoms with Crippen molar-refractivity contribution in [3.8, 4) is 0 Å². The van der Waals surface area contributed by atoms with Gasteiger partial charge >= 0.3 is 18.2 Å². The molecule has 2 rings (SSSR count). The van der Waals surface area contributed by atoms with E-state index in [2.05, 4.69) is 5.32 Å². The molecule has 0 bridgehead atoms. The van der Waals surface area contributed by atoms with E-state index in [4.69, 9.17) is 0 Å². The number of rotatable bonds is 5. The molecule has 2 amide bonds. The minimum Gasteiger partial charge on any atom is -0.480 e. The summed E-state index contributed by atoms with van der Waals surface area (Å²) >= 11 is 0. The second-order valence-electron chi connectivity index (χ2n) is 5.69. The molecular weight excluding hydrogens is 277 g/mol. The number of hydrogen-bond acceptors (Lipinski definition) is 2. The number of carbonyl (C=O) groups excluding carboxylic acids is 1. The highest BCUT2D eigenvalue weighted by Gasteiger charge is 2.50. The molecule has 1 unspecified atom stereocenters. The summed E-state index contributed by atoms with van der Waals surface area (Å²) < 4.78 is 37.4. The number of halogens is 3. The van der Waals surface area contributed by atoms with Crippen LogP contribution in [-0.2, 0) is 4.79 Å². The second-order valence-corrected chi connectivity index (χ2v) is 5.69. The molecule has 0 aromatic carbocycles. The Hall–Kier alpha value is -1.47. The van der Waals surface area contributed by atoms with Crippen LogP contribution in [0.2, 0.25) is 0 Å². The van der Waals surface area contributed by atoms with Crippen LogP contribution in [0.5, 0.6) is 0 Å². The Morgan fingerprint density at radius 1 is 1.25 bits per heavy atom. The lowest BCUT2D eigenvalue weighted by Gasteiger charge is -2.31. The molecule has 0 aromatic rings. The molecule has 0 spiro atoms. The SMILES string of the molecule is CC(NC(=O)N(CC(F)(F)F)C1CC1)(C(=O)O)C1CC1. The van der Waals surface area contributed by atoms with Gasteiger partial charge in [0.15, 0.2) is 0 Å². The first kappa shape index (κ1) is 14.9. The van der Waals surface area contributed by atoms with E-state index in [1.807, 2.05) is 0 Å². The zero-order chi connectivity index (χ0) is 15.1. The van der Waals surface area contributed by atoms with E-state index in [0.717, 1.165) is 0 Å². The van der Waals surface area contributed by atoms with Gasteiger partial charge in [-0.1, -0.05) is 0 Å². The van der Waals surface area contributed by atoms with Crippen molar-refractivity contribution in [2.24, 2.45) is 5.92 Å². The van der Waals surface area contributed by atoms with Crippen LogP contribution in [-0.4, -0.2) is 46.3 Å². The summed E-state index contributed by atoms with van der Waals surface area (Å²) in [6.07, 6.45) is -2.12. The van der Waals surface area contributed by atoms with E-state index in [1.54, 1.807) is 0 Å². The molecule has 114 valence electrons. The summed E-state index contributed by atoms with van der Waals surface area (Å²) in [6, 6.07) is -1.38. The van der Waals surface area contributed by atoms with Crippen LogP contribution in [0.3, 0.4) is 0 Å². The van der Waals surface area contributed by atoms with Crippen molar-refractivity contribution in [3.05, 3.63) is 0 Å². The van der Waals surface area contributed by atoms with Crippen molar-refractivity contribution < 1.29 is 27.9 Å². The summed E-state index contributed by atoms with van der Waals surface area (Å²) in [6.45, 7) is 0.00737. The maximum absolute atomic E-state index is 12.5. The Morgan fingerprint density at radius 2 is 1.80 bits per heavy atom. The second kappa shape index (κ2) is 4.82. The van der Waals surface area contributed by atoms with E-state index in [9.17, 15) is 27.9 Å². The van der Waals surface area contributed by atoms with Gasteiger partial charge in [-0.3, -0.25) is 0 Å². The first-order chi connectivity index (χ1) is 9.13. The van der Waals surface area contributed by atoms with Crippen LogP contribution in [0.4, 0.5) is 18.0 Å². The number of alkyl halides is 3. The average molecular weight is 294 g/mol. The van der Waals surface area contributed by atoms with Gasteiger partial charge in [-0.15, -0.1) is 0 Å². The van der Waals surface area contributed by atoms with Crippen molar-refractivity contribution in [3.63, 3.8) is 0 Å². The molecule has 0 radical (unpaired) electrons. The molecule has 2 aliphatic rings. The van der Waals surface area contributed by atoms with Gasteiger partial charge < -0.3 is 15.3 Å². The van der Waals surface area contributed by atoms with Crippen LogP contribution in [0.15, 0.2) is 0 Å². The van der Waals surface area contributed by atoms with Crippen LogP contribution in [0.25, 0.3) is 0 Å². The average Bonchev–Trinajstić information content (AvgIpc) is 3.15.